The molecule has 4 N–H and O–H groups in total. The molecule has 1 atom stereocenters. The van der Waals surface area contributed by atoms with Gasteiger partial charge in [0.25, 0.3) is 0 Å². The summed E-state index contributed by atoms with van der Waals surface area (Å²) in [6.45, 7) is 0.377. The summed E-state index contributed by atoms with van der Waals surface area (Å²) >= 11 is 0. The van der Waals surface area contributed by atoms with Crippen LogP contribution in [-0.2, 0) is 0 Å². The van der Waals surface area contributed by atoms with Crippen LogP contribution in [0.4, 0.5) is 8.78 Å². The number of halogens is 3. The lowest BCUT2D eigenvalue weighted by atomic mass is 10.0. The number of hydrogen-bond acceptors (Lipinski definition) is 4. The minimum Gasteiger partial charge on any atom is -0.395 e. The third kappa shape index (κ3) is 2.77. The van der Waals surface area contributed by atoms with Crippen molar-refractivity contribution in [2.45, 2.75) is 18.8 Å². The first-order valence-corrected chi connectivity index (χ1v) is 4.88. The highest BCUT2D eigenvalue weighted by atomic mass is 35.5. The lowest BCUT2D eigenvalue weighted by Gasteiger charge is -2.13. The molecular formula is C10H13ClF2N2O2. The molecule has 0 spiro atoms. The molecule has 0 radical (unpaired) electrons. The van der Waals surface area contributed by atoms with Gasteiger partial charge in [-0.3, -0.25) is 0 Å². The SMILES string of the molecule is Cl.NCC[C@@H](N)c1cccc2c1OC(F)(F)O2. The Morgan fingerprint density at radius 2 is 2.00 bits per heavy atom. The van der Waals surface area contributed by atoms with Crippen LogP contribution in [0.2, 0.25) is 0 Å². The van der Waals surface area contributed by atoms with Gasteiger partial charge in [0.05, 0.1) is 0 Å². The highest BCUT2D eigenvalue weighted by Crippen LogP contribution is 2.44. The molecule has 0 bridgehead atoms. The number of hydrogen-bond donors (Lipinski definition) is 2. The quantitative estimate of drug-likeness (QED) is 0.875. The Balaban J connectivity index is 0.00000144. The number of alkyl halides is 2. The fourth-order valence-corrected chi connectivity index (χ4v) is 1.62. The molecule has 0 saturated heterocycles. The van der Waals surface area contributed by atoms with Gasteiger partial charge in [-0.2, -0.15) is 0 Å². The molecule has 7 heteroatoms. The van der Waals surface area contributed by atoms with Gasteiger partial charge in [0, 0.05) is 11.6 Å². The van der Waals surface area contributed by atoms with Gasteiger partial charge in [-0.1, -0.05) is 12.1 Å². The van der Waals surface area contributed by atoms with E-state index in [2.05, 4.69) is 9.47 Å². The Labute approximate surface area is 103 Å². The van der Waals surface area contributed by atoms with E-state index in [0.29, 0.717) is 18.5 Å². The summed E-state index contributed by atoms with van der Waals surface area (Å²) in [6, 6.07) is 4.20. The molecule has 1 aliphatic heterocycles. The average molecular weight is 267 g/mol. The van der Waals surface area contributed by atoms with Gasteiger partial charge >= 0.3 is 6.29 Å². The summed E-state index contributed by atoms with van der Waals surface area (Å²) in [4.78, 5) is 0. The minimum atomic E-state index is -3.61. The Kier molecular flexibility index (Phi) is 4.13. The molecule has 96 valence electrons. The zero-order chi connectivity index (χ0) is 11.8. The molecule has 0 unspecified atom stereocenters. The molecule has 1 aromatic rings. The monoisotopic (exact) mass is 266 g/mol. The number of para-hydroxylation sites is 1. The summed E-state index contributed by atoms with van der Waals surface area (Å²) in [5.41, 5.74) is 11.7. The van der Waals surface area contributed by atoms with E-state index in [0.717, 1.165) is 0 Å². The van der Waals surface area contributed by atoms with Crippen molar-refractivity contribution >= 4 is 12.4 Å². The molecule has 4 nitrogen and oxygen atoms in total. The smallest absolute Gasteiger partial charge is 0.395 e. The molecule has 0 aromatic heterocycles. The van der Waals surface area contributed by atoms with Crippen molar-refractivity contribution in [3.05, 3.63) is 23.8 Å². The van der Waals surface area contributed by atoms with Crippen molar-refractivity contribution in [3.63, 3.8) is 0 Å². The number of ether oxygens (including phenoxy) is 2. The zero-order valence-electron chi connectivity index (χ0n) is 8.86. The summed E-state index contributed by atoms with van der Waals surface area (Å²) in [7, 11) is 0. The predicted molar refractivity (Wildman–Crippen MR) is 60.5 cm³/mol. The number of benzene rings is 1. The van der Waals surface area contributed by atoms with Gasteiger partial charge in [0.1, 0.15) is 0 Å². The first kappa shape index (κ1) is 14.0. The fourth-order valence-electron chi connectivity index (χ4n) is 1.62. The molecule has 2 rings (SSSR count). The van der Waals surface area contributed by atoms with Crippen molar-refractivity contribution in [2.75, 3.05) is 6.54 Å². The molecule has 1 aromatic carbocycles. The maximum atomic E-state index is 12.9. The van der Waals surface area contributed by atoms with Gasteiger partial charge < -0.3 is 20.9 Å². The van der Waals surface area contributed by atoms with Crippen molar-refractivity contribution < 1.29 is 18.3 Å². The summed E-state index contributed by atoms with van der Waals surface area (Å²) < 4.78 is 34.4. The van der Waals surface area contributed by atoms with E-state index in [9.17, 15) is 8.78 Å². The molecule has 1 heterocycles. The van der Waals surface area contributed by atoms with Crippen LogP contribution in [0.5, 0.6) is 11.5 Å². The highest BCUT2D eigenvalue weighted by Gasteiger charge is 2.44. The number of nitrogens with two attached hydrogens (primary N) is 2. The lowest BCUT2D eigenvalue weighted by Crippen LogP contribution is -2.26. The van der Waals surface area contributed by atoms with Crippen LogP contribution in [0.25, 0.3) is 0 Å². The normalized spacial score (nSPS) is 17.4. The van der Waals surface area contributed by atoms with E-state index in [4.69, 9.17) is 11.5 Å². The Morgan fingerprint density at radius 3 is 2.65 bits per heavy atom. The number of fused-ring (bicyclic) bond motifs is 1. The number of rotatable bonds is 3. The second kappa shape index (κ2) is 5.03. The maximum absolute atomic E-state index is 12.9. The second-order valence-corrected chi connectivity index (χ2v) is 3.53. The van der Waals surface area contributed by atoms with Crippen LogP contribution < -0.4 is 20.9 Å². The van der Waals surface area contributed by atoms with Crippen LogP contribution in [0.3, 0.4) is 0 Å². The summed E-state index contributed by atoms with van der Waals surface area (Å²) in [5.74, 6) is 0.0171. The molecule has 1 aliphatic rings. The summed E-state index contributed by atoms with van der Waals surface area (Å²) in [5, 5.41) is 0. The van der Waals surface area contributed by atoms with Gasteiger partial charge in [-0.25, -0.2) is 0 Å². The molecule has 0 fully saturated rings. The Bertz CT molecular complexity index is 404. The minimum absolute atomic E-state index is 0. The van der Waals surface area contributed by atoms with Crippen LogP contribution in [0.1, 0.15) is 18.0 Å². The summed E-state index contributed by atoms with van der Waals surface area (Å²) in [6.07, 6.45) is -3.12. The van der Waals surface area contributed by atoms with Crippen molar-refractivity contribution in [2.24, 2.45) is 11.5 Å². The molecule has 0 saturated carbocycles. The third-order valence-electron chi connectivity index (χ3n) is 2.34. The van der Waals surface area contributed by atoms with E-state index in [1.807, 2.05) is 0 Å². The van der Waals surface area contributed by atoms with E-state index < -0.39 is 12.3 Å². The van der Waals surface area contributed by atoms with Gasteiger partial charge in [0.15, 0.2) is 11.5 Å². The third-order valence-corrected chi connectivity index (χ3v) is 2.34. The first-order chi connectivity index (χ1) is 7.53. The van der Waals surface area contributed by atoms with Crippen LogP contribution >= 0.6 is 12.4 Å². The largest absolute Gasteiger partial charge is 0.586 e. The second-order valence-electron chi connectivity index (χ2n) is 3.53. The van der Waals surface area contributed by atoms with Crippen molar-refractivity contribution in [1.82, 2.24) is 0 Å². The van der Waals surface area contributed by atoms with E-state index in [1.54, 1.807) is 12.1 Å². The maximum Gasteiger partial charge on any atom is 0.586 e. The van der Waals surface area contributed by atoms with Crippen molar-refractivity contribution in [3.8, 4) is 11.5 Å². The van der Waals surface area contributed by atoms with Gasteiger partial charge in [-0.05, 0) is 19.0 Å². The molecule has 17 heavy (non-hydrogen) atoms. The first-order valence-electron chi connectivity index (χ1n) is 4.88. The molecule has 0 amide bonds. The topological polar surface area (TPSA) is 70.5 Å². The van der Waals surface area contributed by atoms with Crippen LogP contribution in [0, 0.1) is 0 Å². The van der Waals surface area contributed by atoms with Crippen LogP contribution in [0.15, 0.2) is 18.2 Å². The van der Waals surface area contributed by atoms with E-state index >= 15 is 0 Å². The van der Waals surface area contributed by atoms with E-state index in [-0.39, 0.29) is 23.9 Å². The highest BCUT2D eigenvalue weighted by molar-refractivity contribution is 5.85. The van der Waals surface area contributed by atoms with Crippen LogP contribution in [-0.4, -0.2) is 12.8 Å². The standard InChI is InChI=1S/C10H12F2N2O2.ClH/c11-10(12)15-8-3-1-2-6(9(8)16-10)7(14)4-5-13;/h1-3,7H,4-5,13-14H2;1H/t7-;/m1./s1. The lowest BCUT2D eigenvalue weighted by molar-refractivity contribution is -0.287. The van der Waals surface area contributed by atoms with Gasteiger partial charge in [0.2, 0.25) is 0 Å². The predicted octanol–water partition coefficient (Wildman–Crippen LogP) is 1.78. The Morgan fingerprint density at radius 1 is 1.29 bits per heavy atom. The van der Waals surface area contributed by atoms with Crippen molar-refractivity contribution in [1.29, 1.82) is 0 Å². The van der Waals surface area contributed by atoms with E-state index in [1.165, 1.54) is 6.07 Å². The molecular weight excluding hydrogens is 254 g/mol. The van der Waals surface area contributed by atoms with Gasteiger partial charge in [-0.15, -0.1) is 21.2 Å². The fraction of sp³-hybridized carbons (Fsp3) is 0.400. The molecule has 0 aliphatic carbocycles. The average Bonchev–Trinajstić information content (AvgIpc) is 2.51. The zero-order valence-corrected chi connectivity index (χ0v) is 9.68. The Hall–Kier alpha value is -1.11.